The van der Waals surface area contributed by atoms with Crippen LogP contribution in [0, 0.1) is 30.5 Å². The molecular weight excluding hydrogens is 450 g/mol. The number of halogens is 2. The van der Waals surface area contributed by atoms with E-state index in [0.29, 0.717) is 22.4 Å². The van der Waals surface area contributed by atoms with E-state index in [0.717, 1.165) is 0 Å². The summed E-state index contributed by atoms with van der Waals surface area (Å²) < 4.78 is 27.7. The molecule has 182 valence electrons. The van der Waals surface area contributed by atoms with Crippen molar-refractivity contribution < 1.29 is 18.7 Å². The zero-order chi connectivity index (χ0) is 26.0. The standard InChI is InChI=1S/C27H28F2N4O2/c1-4-5-13-32-18(3)14-25(22(29)16-34)33-27(35)21-8-6-7-17(2)26(21)24(31)15-23(30)19-9-11-20(28)12-10-19/h1,5-13,15,22,25,30,34H,14,16,31H2,2-3H3,(H,33,35)/b13-5-,24-15?,30-23?,32-18?/t22-,25+/m1/s1. The van der Waals surface area contributed by atoms with E-state index in [-0.39, 0.29) is 23.4 Å². The smallest absolute Gasteiger partial charge is 0.252 e. The Morgan fingerprint density at radius 2 is 2.00 bits per heavy atom. The number of rotatable bonds is 10. The number of nitrogens with two attached hydrogens (primary N) is 1. The number of terminal acetylenes is 1. The molecule has 6 nitrogen and oxygen atoms in total. The van der Waals surface area contributed by atoms with Crippen molar-refractivity contribution in [1.29, 1.82) is 5.41 Å². The molecule has 0 aromatic heterocycles. The van der Waals surface area contributed by atoms with Crippen LogP contribution >= 0.6 is 0 Å². The summed E-state index contributed by atoms with van der Waals surface area (Å²) in [5.74, 6) is 1.27. The van der Waals surface area contributed by atoms with E-state index in [1.54, 1.807) is 32.0 Å². The Balaban J connectivity index is 2.35. The summed E-state index contributed by atoms with van der Waals surface area (Å²) in [6, 6.07) is 9.30. The number of aliphatic hydroxyl groups is 1. The molecule has 2 atom stereocenters. The first kappa shape index (κ1) is 27.2. The van der Waals surface area contributed by atoms with Gasteiger partial charge in [0.2, 0.25) is 0 Å². The molecule has 0 aliphatic rings. The first-order valence-electron chi connectivity index (χ1n) is 10.8. The number of hydrogen-bond donors (Lipinski definition) is 4. The molecule has 5 N–H and O–H groups in total. The predicted octanol–water partition coefficient (Wildman–Crippen LogP) is 3.93. The summed E-state index contributed by atoms with van der Waals surface area (Å²) >= 11 is 0. The van der Waals surface area contributed by atoms with Gasteiger partial charge in [-0.15, -0.1) is 6.42 Å². The molecule has 0 heterocycles. The minimum atomic E-state index is -1.73. The van der Waals surface area contributed by atoms with E-state index in [9.17, 15) is 18.7 Å². The van der Waals surface area contributed by atoms with Crippen LogP contribution in [0.4, 0.5) is 8.78 Å². The summed E-state index contributed by atoms with van der Waals surface area (Å²) in [7, 11) is 0. The van der Waals surface area contributed by atoms with Crippen LogP contribution < -0.4 is 11.1 Å². The second-order valence-corrected chi connectivity index (χ2v) is 7.85. The zero-order valence-corrected chi connectivity index (χ0v) is 19.6. The van der Waals surface area contributed by atoms with Gasteiger partial charge in [0.15, 0.2) is 0 Å². The Kier molecular flexibility index (Phi) is 10.1. The topological polar surface area (TPSA) is 112 Å². The molecule has 35 heavy (non-hydrogen) atoms. The maximum atomic E-state index is 14.5. The average Bonchev–Trinajstić information content (AvgIpc) is 2.83. The minimum Gasteiger partial charge on any atom is -0.398 e. The average molecular weight is 479 g/mol. The molecule has 0 aliphatic heterocycles. The lowest BCUT2D eigenvalue weighted by Crippen LogP contribution is -2.44. The van der Waals surface area contributed by atoms with Crippen molar-refractivity contribution in [3.63, 3.8) is 0 Å². The van der Waals surface area contributed by atoms with Crippen LogP contribution in [-0.4, -0.2) is 41.3 Å². The quantitative estimate of drug-likeness (QED) is 0.307. The zero-order valence-electron chi connectivity index (χ0n) is 19.6. The van der Waals surface area contributed by atoms with Crippen molar-refractivity contribution in [2.45, 2.75) is 32.5 Å². The van der Waals surface area contributed by atoms with Gasteiger partial charge in [-0.25, -0.2) is 8.78 Å². The molecule has 0 aliphatic carbocycles. The monoisotopic (exact) mass is 478 g/mol. The Hall–Kier alpha value is -4.09. The maximum Gasteiger partial charge on any atom is 0.252 e. The van der Waals surface area contributed by atoms with Crippen LogP contribution in [0.2, 0.25) is 0 Å². The third-order valence-corrected chi connectivity index (χ3v) is 5.17. The molecule has 2 rings (SSSR count). The number of alkyl halides is 1. The van der Waals surface area contributed by atoms with Gasteiger partial charge in [-0.1, -0.05) is 18.1 Å². The molecule has 1 amide bonds. The summed E-state index contributed by atoms with van der Waals surface area (Å²) in [6.45, 7) is 2.63. The Labute approximate surface area is 203 Å². The summed E-state index contributed by atoms with van der Waals surface area (Å²) in [5.41, 5.74) is 8.66. The molecule has 0 saturated heterocycles. The second-order valence-electron chi connectivity index (χ2n) is 7.85. The number of carbonyl (C=O) groups excluding carboxylic acids is 1. The number of benzene rings is 2. The van der Waals surface area contributed by atoms with Gasteiger partial charge in [0.1, 0.15) is 12.0 Å². The maximum absolute atomic E-state index is 14.5. The molecule has 0 saturated carbocycles. The first-order valence-corrected chi connectivity index (χ1v) is 10.8. The van der Waals surface area contributed by atoms with Gasteiger partial charge in [-0.3, -0.25) is 9.79 Å². The SMILES string of the molecule is C#C/C=C\N=C(C)C[C@H](NC(=O)c1cccc(C)c1C(N)=CC(=N)c1ccc(F)cc1)[C@H](F)CO. The van der Waals surface area contributed by atoms with Crippen LogP contribution in [0.1, 0.15) is 40.4 Å². The highest BCUT2D eigenvalue weighted by molar-refractivity contribution is 6.11. The van der Waals surface area contributed by atoms with Crippen LogP contribution in [0.3, 0.4) is 0 Å². The van der Waals surface area contributed by atoms with Crippen molar-refractivity contribution in [3.8, 4) is 12.3 Å². The van der Waals surface area contributed by atoms with Crippen molar-refractivity contribution >= 4 is 23.0 Å². The highest BCUT2D eigenvalue weighted by Crippen LogP contribution is 2.22. The van der Waals surface area contributed by atoms with Crippen LogP contribution in [-0.2, 0) is 0 Å². The van der Waals surface area contributed by atoms with Gasteiger partial charge in [0, 0.05) is 41.2 Å². The second kappa shape index (κ2) is 13.0. The number of nitrogens with one attached hydrogen (secondary N) is 2. The van der Waals surface area contributed by atoms with E-state index in [1.807, 2.05) is 0 Å². The fraction of sp³-hybridized carbons (Fsp3) is 0.222. The van der Waals surface area contributed by atoms with Gasteiger partial charge in [0.25, 0.3) is 5.91 Å². The molecular formula is C27H28F2N4O2. The van der Waals surface area contributed by atoms with E-state index in [1.165, 1.54) is 42.6 Å². The fourth-order valence-corrected chi connectivity index (χ4v) is 3.40. The van der Waals surface area contributed by atoms with E-state index < -0.39 is 30.5 Å². The van der Waals surface area contributed by atoms with Gasteiger partial charge >= 0.3 is 0 Å². The molecule has 0 fully saturated rings. The number of aryl methyl sites for hydroxylation is 1. The van der Waals surface area contributed by atoms with E-state index in [2.05, 4.69) is 16.2 Å². The Bertz CT molecular complexity index is 1190. The minimum absolute atomic E-state index is 0.0333. The van der Waals surface area contributed by atoms with E-state index in [4.69, 9.17) is 17.6 Å². The van der Waals surface area contributed by atoms with Gasteiger partial charge in [-0.05, 0) is 61.4 Å². The molecule has 0 unspecified atom stereocenters. The largest absolute Gasteiger partial charge is 0.398 e. The number of nitrogens with zero attached hydrogens (tertiary/aromatic N) is 1. The third kappa shape index (κ3) is 7.73. The van der Waals surface area contributed by atoms with Gasteiger partial charge in [-0.2, -0.15) is 0 Å². The summed E-state index contributed by atoms with van der Waals surface area (Å²) in [5, 5.41) is 20.2. The Morgan fingerprint density at radius 3 is 2.63 bits per heavy atom. The van der Waals surface area contributed by atoms with Gasteiger partial charge in [0.05, 0.1) is 18.4 Å². The molecule has 8 heteroatoms. The molecule has 0 radical (unpaired) electrons. The number of carbonyl (C=O) groups is 1. The lowest BCUT2D eigenvalue weighted by molar-refractivity contribution is 0.0874. The van der Waals surface area contributed by atoms with Crippen LogP contribution in [0.15, 0.2) is 65.8 Å². The Morgan fingerprint density at radius 1 is 1.31 bits per heavy atom. The number of allylic oxidation sites excluding steroid dienone is 2. The number of aliphatic hydroxyl groups excluding tert-OH is 1. The van der Waals surface area contributed by atoms with Gasteiger partial charge < -0.3 is 21.6 Å². The summed E-state index contributed by atoms with van der Waals surface area (Å²) in [4.78, 5) is 17.3. The molecule has 0 bridgehead atoms. The van der Waals surface area contributed by atoms with Crippen molar-refractivity contribution in [2.24, 2.45) is 10.7 Å². The molecule has 0 spiro atoms. The first-order chi connectivity index (χ1) is 16.7. The van der Waals surface area contributed by atoms with Crippen LogP contribution in [0.5, 0.6) is 0 Å². The van der Waals surface area contributed by atoms with Crippen LogP contribution in [0.25, 0.3) is 5.70 Å². The highest BCUT2D eigenvalue weighted by Gasteiger charge is 2.25. The van der Waals surface area contributed by atoms with E-state index >= 15 is 0 Å². The van der Waals surface area contributed by atoms with Crippen molar-refractivity contribution in [1.82, 2.24) is 5.32 Å². The number of amides is 1. The fourth-order valence-electron chi connectivity index (χ4n) is 3.40. The normalized spacial score (nSPS) is 13.8. The van der Waals surface area contributed by atoms with Crippen molar-refractivity contribution in [2.75, 3.05) is 6.61 Å². The lowest BCUT2D eigenvalue weighted by atomic mass is 9.96. The third-order valence-electron chi connectivity index (χ3n) is 5.17. The predicted molar refractivity (Wildman–Crippen MR) is 136 cm³/mol. The highest BCUT2D eigenvalue weighted by atomic mass is 19.1. The number of aliphatic imine (C=N–C) groups is 1. The molecule has 2 aromatic rings. The van der Waals surface area contributed by atoms with Crippen molar-refractivity contribution in [3.05, 3.63) is 88.9 Å². The molecule has 2 aromatic carbocycles. The summed E-state index contributed by atoms with van der Waals surface area (Å²) in [6.07, 6.45) is 7.61. The number of hydrogen-bond acceptors (Lipinski definition) is 5. The lowest BCUT2D eigenvalue weighted by Gasteiger charge is -2.22.